The fourth-order valence-electron chi connectivity index (χ4n) is 3.58. The third-order valence-corrected chi connectivity index (χ3v) is 4.02. The molecule has 3 aliphatic rings. The molecule has 2 saturated carbocycles. The Bertz CT molecular complexity index is 214. The maximum atomic E-state index is 6.07. The van der Waals surface area contributed by atoms with Crippen molar-refractivity contribution in [2.75, 3.05) is 0 Å². The molecule has 0 spiro atoms. The van der Waals surface area contributed by atoms with Gasteiger partial charge in [0.1, 0.15) is 0 Å². The van der Waals surface area contributed by atoms with Crippen molar-refractivity contribution in [1.29, 1.82) is 0 Å². The number of hydrogen-bond donors (Lipinski definition) is 1. The van der Waals surface area contributed by atoms with Gasteiger partial charge in [-0.25, -0.2) is 0 Å². The summed E-state index contributed by atoms with van der Waals surface area (Å²) in [7, 11) is 0. The van der Waals surface area contributed by atoms with Crippen molar-refractivity contribution in [3.63, 3.8) is 0 Å². The van der Waals surface area contributed by atoms with Crippen LogP contribution in [0.4, 0.5) is 0 Å². The highest BCUT2D eigenvalue weighted by atomic mass is 35.5. The fourth-order valence-corrected chi connectivity index (χ4v) is 3.58. The molecule has 0 heterocycles. The van der Waals surface area contributed by atoms with Crippen LogP contribution < -0.4 is 5.73 Å². The molecule has 12 heavy (non-hydrogen) atoms. The van der Waals surface area contributed by atoms with Crippen LogP contribution in [0.5, 0.6) is 0 Å². The summed E-state index contributed by atoms with van der Waals surface area (Å²) >= 11 is 0. The van der Waals surface area contributed by atoms with Gasteiger partial charge in [-0.15, -0.1) is 12.4 Å². The minimum Gasteiger partial charge on any atom is -0.327 e. The lowest BCUT2D eigenvalue weighted by atomic mass is 9.84. The molecule has 0 saturated heterocycles. The Morgan fingerprint density at radius 1 is 1.08 bits per heavy atom. The molecule has 0 aromatic heterocycles. The van der Waals surface area contributed by atoms with Gasteiger partial charge in [0, 0.05) is 6.04 Å². The third-order valence-electron chi connectivity index (χ3n) is 4.02. The van der Waals surface area contributed by atoms with Crippen LogP contribution in [0.15, 0.2) is 12.2 Å². The van der Waals surface area contributed by atoms with Crippen molar-refractivity contribution in [3.05, 3.63) is 12.2 Å². The van der Waals surface area contributed by atoms with Crippen molar-refractivity contribution in [2.45, 2.75) is 25.3 Å². The Morgan fingerprint density at radius 2 is 1.83 bits per heavy atom. The van der Waals surface area contributed by atoms with Gasteiger partial charge in [0.25, 0.3) is 0 Å². The minimum atomic E-state index is 0. The molecule has 3 rings (SSSR count). The topological polar surface area (TPSA) is 26.0 Å². The second kappa shape index (κ2) is 2.74. The van der Waals surface area contributed by atoms with E-state index in [4.69, 9.17) is 5.73 Å². The van der Waals surface area contributed by atoms with Crippen molar-refractivity contribution in [1.82, 2.24) is 0 Å². The Hall–Kier alpha value is -0.0100. The van der Waals surface area contributed by atoms with Crippen LogP contribution in [-0.4, -0.2) is 6.04 Å². The highest BCUT2D eigenvalue weighted by Gasteiger charge is 2.49. The van der Waals surface area contributed by atoms with Gasteiger partial charge in [-0.2, -0.15) is 0 Å². The Balaban J connectivity index is 0.000000563. The van der Waals surface area contributed by atoms with Crippen LogP contribution >= 0.6 is 12.4 Å². The van der Waals surface area contributed by atoms with Gasteiger partial charge in [-0.3, -0.25) is 0 Å². The lowest BCUT2D eigenvalue weighted by molar-refractivity contribution is 0.339. The number of halogens is 1. The lowest BCUT2D eigenvalue weighted by Gasteiger charge is -2.23. The number of rotatable bonds is 0. The number of fused-ring (bicyclic) bond motifs is 5. The monoisotopic (exact) mass is 185 g/mol. The summed E-state index contributed by atoms with van der Waals surface area (Å²) in [5, 5.41) is 0. The fraction of sp³-hybridized carbons (Fsp3) is 0.800. The normalized spacial score (nSPS) is 53.9. The summed E-state index contributed by atoms with van der Waals surface area (Å²) in [5.41, 5.74) is 6.07. The maximum Gasteiger partial charge on any atom is 0.00757 e. The summed E-state index contributed by atoms with van der Waals surface area (Å²) in [6.07, 6.45) is 8.95. The van der Waals surface area contributed by atoms with E-state index in [1.807, 2.05) is 0 Å². The number of hydrogen-bond acceptors (Lipinski definition) is 1. The molecule has 2 bridgehead atoms. The van der Waals surface area contributed by atoms with Crippen LogP contribution in [0, 0.1) is 23.7 Å². The van der Waals surface area contributed by atoms with Crippen molar-refractivity contribution < 1.29 is 0 Å². The van der Waals surface area contributed by atoms with Crippen molar-refractivity contribution >= 4 is 12.4 Å². The SMILES string of the molecule is Cl.N[C@@H]1CC[C@H]2[C@@H]1[C@H]1C=C[C@@H]2C1. The summed E-state index contributed by atoms with van der Waals surface area (Å²) in [5.74, 6) is 3.62. The van der Waals surface area contributed by atoms with Crippen LogP contribution in [-0.2, 0) is 0 Å². The quantitative estimate of drug-likeness (QED) is 0.574. The van der Waals surface area contributed by atoms with E-state index >= 15 is 0 Å². The molecule has 3 aliphatic carbocycles. The zero-order valence-electron chi connectivity index (χ0n) is 7.15. The van der Waals surface area contributed by atoms with E-state index in [-0.39, 0.29) is 12.4 Å². The summed E-state index contributed by atoms with van der Waals surface area (Å²) in [4.78, 5) is 0. The molecular formula is C10H16ClN. The molecule has 0 aromatic carbocycles. The first-order valence-corrected chi connectivity index (χ1v) is 4.80. The van der Waals surface area contributed by atoms with E-state index in [0.29, 0.717) is 6.04 Å². The van der Waals surface area contributed by atoms with E-state index in [9.17, 15) is 0 Å². The van der Waals surface area contributed by atoms with E-state index in [1.165, 1.54) is 19.3 Å². The average molecular weight is 186 g/mol. The van der Waals surface area contributed by atoms with Gasteiger partial charge in [-0.05, 0) is 42.9 Å². The first-order valence-electron chi connectivity index (χ1n) is 4.80. The van der Waals surface area contributed by atoms with Crippen molar-refractivity contribution in [2.24, 2.45) is 29.4 Å². The zero-order chi connectivity index (χ0) is 7.42. The molecule has 1 nitrogen and oxygen atoms in total. The molecule has 0 unspecified atom stereocenters. The molecule has 5 atom stereocenters. The van der Waals surface area contributed by atoms with E-state index in [2.05, 4.69) is 12.2 Å². The van der Waals surface area contributed by atoms with E-state index < -0.39 is 0 Å². The second-order valence-electron chi connectivity index (χ2n) is 4.43. The molecule has 2 heteroatoms. The van der Waals surface area contributed by atoms with Gasteiger partial charge < -0.3 is 5.73 Å². The molecule has 2 N–H and O–H groups in total. The average Bonchev–Trinajstić information content (AvgIpc) is 2.60. The third kappa shape index (κ3) is 0.898. The predicted octanol–water partition coefficient (Wildman–Crippen LogP) is 1.97. The first-order chi connectivity index (χ1) is 5.36. The molecule has 0 aliphatic heterocycles. The Labute approximate surface area is 79.8 Å². The van der Waals surface area contributed by atoms with Gasteiger partial charge in [0.2, 0.25) is 0 Å². The molecule has 2 fully saturated rings. The predicted molar refractivity (Wildman–Crippen MR) is 52.2 cm³/mol. The van der Waals surface area contributed by atoms with Crippen LogP contribution in [0.1, 0.15) is 19.3 Å². The van der Waals surface area contributed by atoms with Gasteiger partial charge in [0.05, 0.1) is 0 Å². The highest BCUT2D eigenvalue weighted by Crippen LogP contribution is 2.54. The Morgan fingerprint density at radius 3 is 2.58 bits per heavy atom. The largest absolute Gasteiger partial charge is 0.327 e. The van der Waals surface area contributed by atoms with E-state index in [0.717, 1.165) is 23.7 Å². The van der Waals surface area contributed by atoms with Gasteiger partial charge in [0.15, 0.2) is 0 Å². The minimum absolute atomic E-state index is 0. The smallest absolute Gasteiger partial charge is 0.00757 e. The molecule has 68 valence electrons. The molecule has 0 radical (unpaired) electrons. The van der Waals surface area contributed by atoms with Crippen LogP contribution in [0.3, 0.4) is 0 Å². The van der Waals surface area contributed by atoms with Crippen LogP contribution in [0.25, 0.3) is 0 Å². The number of allylic oxidation sites excluding steroid dienone is 2. The maximum absolute atomic E-state index is 6.07. The molecule has 0 aromatic rings. The molecule has 0 amide bonds. The summed E-state index contributed by atoms with van der Waals surface area (Å²) < 4.78 is 0. The standard InChI is InChI=1S/C10H15N.ClH/c11-9-4-3-8-6-1-2-7(5-6)10(8)9;/h1-2,6-10H,3-5,11H2;1H/t6-,7+,8-,9-,10+;/m1./s1. The molecular weight excluding hydrogens is 170 g/mol. The number of nitrogens with two attached hydrogens (primary N) is 1. The second-order valence-corrected chi connectivity index (χ2v) is 4.43. The summed E-state index contributed by atoms with van der Waals surface area (Å²) in [6, 6.07) is 0.528. The van der Waals surface area contributed by atoms with Crippen molar-refractivity contribution in [3.8, 4) is 0 Å². The van der Waals surface area contributed by atoms with E-state index in [1.54, 1.807) is 0 Å². The first kappa shape index (κ1) is 8.58. The van der Waals surface area contributed by atoms with Gasteiger partial charge >= 0.3 is 0 Å². The lowest BCUT2D eigenvalue weighted by Crippen LogP contribution is -2.30. The van der Waals surface area contributed by atoms with Gasteiger partial charge in [-0.1, -0.05) is 12.2 Å². The van der Waals surface area contributed by atoms with Crippen LogP contribution in [0.2, 0.25) is 0 Å². The summed E-state index contributed by atoms with van der Waals surface area (Å²) in [6.45, 7) is 0. The Kier molecular flexibility index (Phi) is 1.96. The highest BCUT2D eigenvalue weighted by molar-refractivity contribution is 5.85. The zero-order valence-corrected chi connectivity index (χ0v) is 7.96.